The number of aromatic nitrogens is 1. The molecule has 1 aliphatic rings. The van der Waals surface area contributed by atoms with Crippen LogP contribution in [0.5, 0.6) is 0 Å². The van der Waals surface area contributed by atoms with Gasteiger partial charge in [0, 0.05) is 12.8 Å². The van der Waals surface area contributed by atoms with Crippen molar-refractivity contribution >= 4 is 11.0 Å². The molecule has 2 atom stereocenters. The van der Waals surface area contributed by atoms with Gasteiger partial charge in [0.15, 0.2) is 0 Å². The smallest absolute Gasteiger partial charge is 0.0976 e. The van der Waals surface area contributed by atoms with Crippen LogP contribution in [0.2, 0.25) is 0 Å². The number of rotatable bonds is 6. The molecule has 0 saturated heterocycles. The summed E-state index contributed by atoms with van der Waals surface area (Å²) in [5.74, 6) is 0.396. The topological polar surface area (TPSA) is 51.2 Å². The normalized spacial score (nSPS) is 27.3. The van der Waals surface area contributed by atoms with Gasteiger partial charge >= 0.3 is 0 Å². The van der Waals surface area contributed by atoms with Crippen molar-refractivity contribution in [1.29, 1.82) is 0 Å². The molecule has 1 heterocycles. The van der Waals surface area contributed by atoms with E-state index in [-0.39, 0.29) is 16.4 Å². The number of pyridine rings is 1. The van der Waals surface area contributed by atoms with Crippen LogP contribution >= 0.6 is 0 Å². The molecule has 0 amide bonds. The lowest BCUT2D eigenvalue weighted by Gasteiger charge is -2.48. The van der Waals surface area contributed by atoms with E-state index in [1.54, 1.807) is 0 Å². The van der Waals surface area contributed by atoms with Gasteiger partial charge in [-0.15, -0.1) is 0 Å². The molecule has 130 valence electrons. The molecule has 2 rings (SSSR count). The molecule has 1 saturated carbocycles. The van der Waals surface area contributed by atoms with E-state index in [4.69, 9.17) is 4.74 Å². The number of ether oxygens (including phenoxy) is 1. The van der Waals surface area contributed by atoms with Gasteiger partial charge in [-0.05, 0) is 71.9 Å². The minimum absolute atomic E-state index is 0.00388. The maximum Gasteiger partial charge on any atom is 0.0976 e. The van der Waals surface area contributed by atoms with Crippen LogP contribution in [0.1, 0.15) is 64.8 Å². The number of aryl methyl sites for hydroxylation is 1. The summed E-state index contributed by atoms with van der Waals surface area (Å²) >= 11 is 0. The SMILES string of the molecule is CCOC1(C)CC(C(NS(=O)C(C)(C)C)c2ccc(C)cn2)C1. The van der Waals surface area contributed by atoms with Crippen molar-refractivity contribution in [1.82, 2.24) is 9.71 Å². The third-order valence-electron chi connectivity index (χ3n) is 4.40. The number of nitrogens with one attached hydrogen (secondary N) is 1. The summed E-state index contributed by atoms with van der Waals surface area (Å²) in [6.45, 7) is 12.9. The van der Waals surface area contributed by atoms with E-state index >= 15 is 0 Å². The fourth-order valence-electron chi connectivity index (χ4n) is 3.10. The summed E-state index contributed by atoms with van der Waals surface area (Å²) < 4.78 is 21.5. The van der Waals surface area contributed by atoms with Crippen molar-refractivity contribution in [2.24, 2.45) is 5.92 Å². The van der Waals surface area contributed by atoms with E-state index in [0.717, 1.165) is 30.7 Å². The Balaban J connectivity index is 2.16. The molecule has 4 nitrogen and oxygen atoms in total. The Morgan fingerprint density at radius 1 is 1.43 bits per heavy atom. The van der Waals surface area contributed by atoms with Gasteiger partial charge in [-0.2, -0.15) is 0 Å². The molecule has 1 N–H and O–H groups in total. The molecule has 5 heteroatoms. The van der Waals surface area contributed by atoms with E-state index in [2.05, 4.69) is 22.7 Å². The van der Waals surface area contributed by atoms with Crippen molar-refractivity contribution in [2.45, 2.75) is 70.8 Å². The highest BCUT2D eigenvalue weighted by Gasteiger charge is 2.46. The van der Waals surface area contributed by atoms with Crippen molar-refractivity contribution in [3.63, 3.8) is 0 Å². The van der Waals surface area contributed by atoms with Crippen molar-refractivity contribution in [2.75, 3.05) is 6.61 Å². The summed E-state index contributed by atoms with van der Waals surface area (Å²) in [5, 5.41) is 0. The Hall–Kier alpha value is -0.780. The van der Waals surface area contributed by atoms with Crippen LogP contribution in [-0.4, -0.2) is 26.1 Å². The Morgan fingerprint density at radius 2 is 2.09 bits per heavy atom. The predicted molar refractivity (Wildman–Crippen MR) is 95.5 cm³/mol. The maximum absolute atomic E-state index is 12.6. The van der Waals surface area contributed by atoms with E-state index in [1.807, 2.05) is 46.9 Å². The van der Waals surface area contributed by atoms with E-state index in [1.165, 1.54) is 0 Å². The minimum Gasteiger partial charge on any atom is -0.376 e. The highest BCUT2D eigenvalue weighted by atomic mass is 32.2. The lowest BCUT2D eigenvalue weighted by atomic mass is 9.68. The van der Waals surface area contributed by atoms with Gasteiger partial charge in [-0.1, -0.05) is 6.07 Å². The van der Waals surface area contributed by atoms with Gasteiger partial charge in [-0.25, -0.2) is 8.93 Å². The first-order chi connectivity index (χ1) is 10.6. The summed E-state index contributed by atoms with van der Waals surface area (Å²) in [6.07, 6.45) is 3.81. The van der Waals surface area contributed by atoms with E-state index < -0.39 is 11.0 Å². The second-order valence-corrected chi connectivity index (χ2v) is 9.79. The van der Waals surface area contributed by atoms with Crippen molar-refractivity contribution in [3.8, 4) is 0 Å². The van der Waals surface area contributed by atoms with Crippen molar-refractivity contribution < 1.29 is 8.95 Å². The molecule has 23 heavy (non-hydrogen) atoms. The number of nitrogens with zero attached hydrogens (tertiary/aromatic N) is 1. The molecule has 1 aromatic heterocycles. The number of hydrogen-bond acceptors (Lipinski definition) is 3. The van der Waals surface area contributed by atoms with Gasteiger partial charge in [-0.3, -0.25) is 4.98 Å². The molecule has 0 aromatic carbocycles. The van der Waals surface area contributed by atoms with Gasteiger partial charge in [0.05, 0.1) is 33.1 Å². The molecule has 1 fully saturated rings. The van der Waals surface area contributed by atoms with Crippen LogP contribution in [0.15, 0.2) is 18.3 Å². The molecular weight excluding hydrogens is 308 g/mol. The average Bonchev–Trinajstić information content (AvgIpc) is 2.42. The minimum atomic E-state index is -1.12. The maximum atomic E-state index is 12.6. The molecule has 1 aromatic rings. The Kier molecular flexibility index (Phi) is 5.64. The van der Waals surface area contributed by atoms with E-state index in [0.29, 0.717) is 5.92 Å². The highest BCUT2D eigenvalue weighted by Crippen LogP contribution is 2.46. The lowest BCUT2D eigenvalue weighted by molar-refractivity contribution is -0.118. The van der Waals surface area contributed by atoms with Crippen LogP contribution in [0, 0.1) is 12.8 Å². The summed E-state index contributed by atoms with van der Waals surface area (Å²) in [5.41, 5.74) is 2.06. The quantitative estimate of drug-likeness (QED) is 0.860. The standard InChI is InChI=1S/C18H30N2O2S/c1-7-22-18(6)10-14(11-18)16(20-23(21)17(3,4)5)15-9-8-13(2)12-19-15/h8-9,12,14,16,20H,7,10-11H2,1-6H3. The fourth-order valence-corrected chi connectivity index (χ4v) is 4.00. The molecule has 0 aliphatic heterocycles. The van der Waals surface area contributed by atoms with Crippen LogP contribution in [0.4, 0.5) is 0 Å². The predicted octanol–water partition coefficient (Wildman–Crippen LogP) is 3.69. The summed E-state index contributed by atoms with van der Waals surface area (Å²) in [4.78, 5) is 4.57. The second-order valence-electron chi connectivity index (χ2n) is 7.79. The molecule has 0 bridgehead atoms. The zero-order valence-electron chi connectivity index (χ0n) is 15.2. The van der Waals surface area contributed by atoms with Crippen LogP contribution in [0.3, 0.4) is 0 Å². The lowest BCUT2D eigenvalue weighted by Crippen LogP contribution is -2.50. The second kappa shape index (κ2) is 6.99. The van der Waals surface area contributed by atoms with Crippen LogP contribution in [-0.2, 0) is 15.7 Å². The zero-order chi connectivity index (χ0) is 17.3. The van der Waals surface area contributed by atoms with Gasteiger partial charge in [0.2, 0.25) is 0 Å². The molecule has 0 radical (unpaired) electrons. The third kappa shape index (κ3) is 4.61. The van der Waals surface area contributed by atoms with Crippen LogP contribution in [0.25, 0.3) is 0 Å². The first-order valence-electron chi connectivity index (χ1n) is 8.39. The first kappa shape index (κ1) is 18.6. The molecule has 2 unspecified atom stereocenters. The molecular formula is C18H30N2O2S. The Labute approximate surface area is 143 Å². The van der Waals surface area contributed by atoms with Gasteiger partial charge < -0.3 is 4.74 Å². The Bertz CT molecular complexity index is 545. The van der Waals surface area contributed by atoms with Gasteiger partial charge in [0.1, 0.15) is 0 Å². The first-order valence-corrected chi connectivity index (χ1v) is 9.54. The average molecular weight is 339 g/mol. The summed E-state index contributed by atoms with van der Waals surface area (Å²) in [6, 6.07) is 4.12. The van der Waals surface area contributed by atoms with Gasteiger partial charge in [0.25, 0.3) is 0 Å². The monoisotopic (exact) mass is 338 g/mol. The highest BCUT2D eigenvalue weighted by molar-refractivity contribution is 7.84. The van der Waals surface area contributed by atoms with Crippen LogP contribution < -0.4 is 4.72 Å². The summed E-state index contributed by atoms with van der Waals surface area (Å²) in [7, 11) is -1.12. The molecule has 0 spiro atoms. The largest absolute Gasteiger partial charge is 0.376 e. The fraction of sp³-hybridized carbons (Fsp3) is 0.722. The zero-order valence-corrected chi connectivity index (χ0v) is 16.0. The van der Waals surface area contributed by atoms with Crippen molar-refractivity contribution in [3.05, 3.63) is 29.6 Å². The Morgan fingerprint density at radius 3 is 2.57 bits per heavy atom. The number of hydrogen-bond donors (Lipinski definition) is 1. The van der Waals surface area contributed by atoms with E-state index in [9.17, 15) is 4.21 Å². The third-order valence-corrected chi connectivity index (χ3v) is 5.98. The molecule has 1 aliphatic carbocycles.